The van der Waals surface area contributed by atoms with Crippen LogP contribution in [0.25, 0.3) is 0 Å². The molecular formula is C19H33N5O2. The number of likely N-dealkylation sites (tertiary alicyclic amines) is 1. The van der Waals surface area contributed by atoms with Gasteiger partial charge in [-0.15, -0.1) is 0 Å². The number of aryl methyl sites for hydroxylation is 2. The Hall–Kier alpha value is -1.89. The van der Waals surface area contributed by atoms with E-state index in [0.717, 1.165) is 56.1 Å². The van der Waals surface area contributed by atoms with Crippen LogP contribution < -0.4 is 5.32 Å². The van der Waals surface area contributed by atoms with Gasteiger partial charge in [0.2, 0.25) is 11.8 Å². The quantitative estimate of drug-likeness (QED) is 0.805. The average molecular weight is 364 g/mol. The van der Waals surface area contributed by atoms with E-state index in [1.165, 1.54) is 0 Å². The molecule has 1 aliphatic heterocycles. The Labute approximate surface area is 156 Å². The molecule has 26 heavy (non-hydrogen) atoms. The van der Waals surface area contributed by atoms with Crippen molar-refractivity contribution >= 4 is 17.5 Å². The third-order valence-corrected chi connectivity index (χ3v) is 5.24. The number of carbonyl (C=O) groups is 2. The highest BCUT2D eigenvalue weighted by Gasteiger charge is 2.29. The molecule has 0 spiro atoms. The molecule has 1 atom stereocenters. The lowest BCUT2D eigenvalue weighted by Crippen LogP contribution is -2.46. The average Bonchev–Trinajstić information content (AvgIpc) is 2.90. The number of hydrogen-bond donors (Lipinski definition) is 1. The Morgan fingerprint density at radius 2 is 1.92 bits per heavy atom. The summed E-state index contributed by atoms with van der Waals surface area (Å²) in [4.78, 5) is 29.1. The second kappa shape index (κ2) is 9.16. The van der Waals surface area contributed by atoms with Gasteiger partial charge in [0, 0.05) is 26.2 Å². The Kier molecular flexibility index (Phi) is 7.20. The lowest BCUT2D eigenvalue weighted by Gasteiger charge is -2.34. The molecule has 0 bridgehead atoms. The van der Waals surface area contributed by atoms with Gasteiger partial charge in [-0.25, -0.2) is 0 Å². The van der Waals surface area contributed by atoms with Crippen LogP contribution in [0.3, 0.4) is 0 Å². The van der Waals surface area contributed by atoms with E-state index in [-0.39, 0.29) is 17.7 Å². The number of nitrogens with zero attached hydrogens (tertiary/aromatic N) is 4. The molecule has 146 valence electrons. The van der Waals surface area contributed by atoms with E-state index >= 15 is 0 Å². The SMILES string of the molecule is CCN(CC)C(=O)[C@H]1CCCN(CC(=O)Nc2c(C)nn(CC)c2C)C1. The molecule has 2 amide bonds. The fraction of sp³-hybridized carbons (Fsp3) is 0.737. The summed E-state index contributed by atoms with van der Waals surface area (Å²) in [6.07, 6.45) is 1.87. The zero-order chi connectivity index (χ0) is 19.3. The summed E-state index contributed by atoms with van der Waals surface area (Å²) < 4.78 is 1.89. The molecule has 1 aliphatic rings. The van der Waals surface area contributed by atoms with E-state index in [0.29, 0.717) is 13.1 Å². The summed E-state index contributed by atoms with van der Waals surface area (Å²) in [5.41, 5.74) is 2.63. The van der Waals surface area contributed by atoms with Gasteiger partial charge < -0.3 is 10.2 Å². The van der Waals surface area contributed by atoms with Crippen molar-refractivity contribution in [3.05, 3.63) is 11.4 Å². The first-order valence-corrected chi connectivity index (χ1v) is 9.76. The van der Waals surface area contributed by atoms with E-state index in [4.69, 9.17) is 0 Å². The maximum atomic E-state index is 12.6. The summed E-state index contributed by atoms with van der Waals surface area (Å²) in [5.74, 6) is 0.182. The molecule has 2 heterocycles. The molecule has 7 heteroatoms. The third kappa shape index (κ3) is 4.63. The molecule has 1 fully saturated rings. The zero-order valence-electron chi connectivity index (χ0n) is 16.8. The van der Waals surface area contributed by atoms with Crippen molar-refractivity contribution < 1.29 is 9.59 Å². The minimum Gasteiger partial charge on any atom is -0.343 e. The van der Waals surface area contributed by atoms with Crippen molar-refractivity contribution in [1.29, 1.82) is 0 Å². The molecule has 2 rings (SSSR count). The second-order valence-electron chi connectivity index (χ2n) is 6.99. The Bertz CT molecular complexity index is 636. The lowest BCUT2D eigenvalue weighted by molar-refractivity contribution is -0.137. The molecule has 0 radical (unpaired) electrons. The number of anilines is 1. The maximum Gasteiger partial charge on any atom is 0.238 e. The van der Waals surface area contributed by atoms with Crippen LogP contribution in [-0.4, -0.2) is 64.1 Å². The molecule has 1 saturated heterocycles. The summed E-state index contributed by atoms with van der Waals surface area (Å²) in [7, 11) is 0. The molecule has 0 saturated carbocycles. The Balaban J connectivity index is 1.95. The van der Waals surface area contributed by atoms with Gasteiger partial charge in [-0.05, 0) is 54.0 Å². The molecule has 0 unspecified atom stereocenters. The minimum atomic E-state index is -0.0391. The highest BCUT2D eigenvalue weighted by molar-refractivity contribution is 5.93. The molecule has 1 aromatic rings. The van der Waals surface area contributed by atoms with Crippen LogP contribution in [-0.2, 0) is 16.1 Å². The first-order chi connectivity index (χ1) is 12.4. The number of carbonyl (C=O) groups excluding carboxylic acids is 2. The normalized spacial score (nSPS) is 18.0. The standard InChI is InChI=1S/C19H33N5O2/c1-6-23(7-2)19(26)16-10-9-11-22(12-16)13-17(25)20-18-14(4)21-24(8-3)15(18)5/h16H,6-13H2,1-5H3,(H,20,25)/t16-/m0/s1. The lowest BCUT2D eigenvalue weighted by atomic mass is 9.96. The highest BCUT2D eigenvalue weighted by Crippen LogP contribution is 2.21. The number of piperidine rings is 1. The van der Waals surface area contributed by atoms with Crippen LogP contribution in [0.2, 0.25) is 0 Å². The Morgan fingerprint density at radius 1 is 1.23 bits per heavy atom. The molecule has 1 N–H and O–H groups in total. The van der Waals surface area contributed by atoms with Crippen LogP contribution in [0.5, 0.6) is 0 Å². The first kappa shape index (κ1) is 20.4. The van der Waals surface area contributed by atoms with Crippen molar-refractivity contribution in [2.75, 3.05) is 38.0 Å². The van der Waals surface area contributed by atoms with Crippen molar-refractivity contribution in [3.63, 3.8) is 0 Å². The van der Waals surface area contributed by atoms with Crippen molar-refractivity contribution in [1.82, 2.24) is 19.6 Å². The van der Waals surface area contributed by atoms with Gasteiger partial charge in [0.15, 0.2) is 0 Å². The van der Waals surface area contributed by atoms with Crippen LogP contribution in [0.1, 0.15) is 45.0 Å². The smallest absolute Gasteiger partial charge is 0.238 e. The predicted molar refractivity (Wildman–Crippen MR) is 103 cm³/mol. The van der Waals surface area contributed by atoms with Crippen molar-refractivity contribution in [3.8, 4) is 0 Å². The maximum absolute atomic E-state index is 12.6. The van der Waals surface area contributed by atoms with Gasteiger partial charge in [-0.3, -0.25) is 19.2 Å². The molecular weight excluding hydrogens is 330 g/mol. The van der Waals surface area contributed by atoms with Gasteiger partial charge in [0.25, 0.3) is 0 Å². The van der Waals surface area contributed by atoms with Gasteiger partial charge >= 0.3 is 0 Å². The van der Waals surface area contributed by atoms with E-state index < -0.39 is 0 Å². The van der Waals surface area contributed by atoms with Crippen LogP contribution >= 0.6 is 0 Å². The van der Waals surface area contributed by atoms with Crippen LogP contribution in [0, 0.1) is 19.8 Å². The van der Waals surface area contributed by atoms with E-state index in [1.807, 2.05) is 44.2 Å². The van der Waals surface area contributed by atoms with Crippen LogP contribution in [0.15, 0.2) is 0 Å². The minimum absolute atomic E-state index is 0.00256. The molecule has 0 aromatic carbocycles. The summed E-state index contributed by atoms with van der Waals surface area (Å²) >= 11 is 0. The van der Waals surface area contributed by atoms with Crippen LogP contribution in [0.4, 0.5) is 5.69 Å². The molecule has 0 aliphatic carbocycles. The highest BCUT2D eigenvalue weighted by atomic mass is 16.2. The first-order valence-electron chi connectivity index (χ1n) is 9.76. The van der Waals surface area contributed by atoms with Crippen molar-refractivity contribution in [2.45, 2.75) is 54.0 Å². The number of nitrogens with one attached hydrogen (secondary N) is 1. The Morgan fingerprint density at radius 3 is 2.50 bits per heavy atom. The zero-order valence-corrected chi connectivity index (χ0v) is 16.8. The third-order valence-electron chi connectivity index (χ3n) is 5.24. The van der Waals surface area contributed by atoms with Crippen molar-refractivity contribution in [2.24, 2.45) is 5.92 Å². The van der Waals surface area contributed by atoms with Gasteiger partial charge in [0.1, 0.15) is 0 Å². The fourth-order valence-electron chi connectivity index (χ4n) is 3.76. The fourth-order valence-corrected chi connectivity index (χ4v) is 3.76. The molecule has 7 nitrogen and oxygen atoms in total. The van der Waals surface area contributed by atoms with E-state index in [1.54, 1.807) is 0 Å². The topological polar surface area (TPSA) is 70.5 Å². The second-order valence-corrected chi connectivity index (χ2v) is 6.99. The monoisotopic (exact) mass is 363 g/mol. The summed E-state index contributed by atoms with van der Waals surface area (Å²) in [6.45, 7) is 14.0. The number of aromatic nitrogens is 2. The van der Waals surface area contributed by atoms with Gasteiger partial charge in [-0.1, -0.05) is 0 Å². The largest absolute Gasteiger partial charge is 0.343 e. The number of rotatable bonds is 7. The summed E-state index contributed by atoms with van der Waals surface area (Å²) in [5, 5.41) is 7.45. The molecule has 1 aromatic heterocycles. The summed E-state index contributed by atoms with van der Waals surface area (Å²) in [6, 6.07) is 0. The van der Waals surface area contributed by atoms with E-state index in [2.05, 4.69) is 15.3 Å². The van der Waals surface area contributed by atoms with Gasteiger partial charge in [0.05, 0.1) is 29.5 Å². The number of amides is 2. The number of hydrogen-bond acceptors (Lipinski definition) is 4. The van der Waals surface area contributed by atoms with Gasteiger partial charge in [-0.2, -0.15) is 5.10 Å². The van der Waals surface area contributed by atoms with E-state index in [9.17, 15) is 9.59 Å². The predicted octanol–water partition coefficient (Wildman–Crippen LogP) is 2.04.